The number of non-ortho nitro benzene ring substituents is 1. The lowest BCUT2D eigenvalue weighted by Gasteiger charge is -2.34. The highest BCUT2D eigenvalue weighted by molar-refractivity contribution is 6.00. The molecule has 3 aromatic rings. The van der Waals surface area contributed by atoms with Crippen molar-refractivity contribution < 1.29 is 23.6 Å². The van der Waals surface area contributed by atoms with Gasteiger partial charge in [-0.05, 0) is 49.7 Å². The van der Waals surface area contributed by atoms with Crippen LogP contribution in [0.15, 0.2) is 72.8 Å². The Bertz CT molecular complexity index is 1170. The molecule has 0 saturated carbocycles. The van der Waals surface area contributed by atoms with Gasteiger partial charge in [0.1, 0.15) is 17.3 Å². The molecule has 0 aliphatic carbocycles. The van der Waals surface area contributed by atoms with Crippen LogP contribution in [0.5, 0.6) is 11.5 Å². The Morgan fingerprint density at radius 2 is 1.43 bits per heavy atom. The zero-order valence-corrected chi connectivity index (χ0v) is 27.4. The molecule has 1 aliphatic rings. The molecule has 1 amide bonds. The van der Waals surface area contributed by atoms with Gasteiger partial charge in [-0.2, -0.15) is 0 Å². The van der Waals surface area contributed by atoms with E-state index in [-0.39, 0.29) is 24.0 Å². The summed E-state index contributed by atoms with van der Waals surface area (Å²) < 4.78 is 23.6. The van der Waals surface area contributed by atoms with E-state index in [2.05, 4.69) is 34.6 Å². The minimum absolute atomic E-state index is 0.0115. The van der Waals surface area contributed by atoms with E-state index in [9.17, 15) is 19.3 Å². The number of halogens is 1. The first-order valence-electron chi connectivity index (χ1n) is 15.9. The number of amides is 1. The molecule has 242 valence electrons. The average molecular weight is 611 g/mol. The van der Waals surface area contributed by atoms with Gasteiger partial charge in [0.05, 0.1) is 17.2 Å². The van der Waals surface area contributed by atoms with Crippen molar-refractivity contribution in [3.8, 4) is 11.5 Å². The summed E-state index contributed by atoms with van der Waals surface area (Å²) in [4.78, 5) is 25.0. The van der Waals surface area contributed by atoms with Crippen LogP contribution in [-0.4, -0.2) is 30.1 Å². The maximum Gasteiger partial charge on any atom is 0.269 e. The van der Waals surface area contributed by atoms with Crippen LogP contribution in [0.25, 0.3) is 0 Å². The molecular weight excluding hydrogens is 559 g/mol. The predicted molar refractivity (Wildman–Crippen MR) is 178 cm³/mol. The van der Waals surface area contributed by atoms with E-state index >= 15 is 0 Å². The number of benzene rings is 3. The quantitative estimate of drug-likeness (QED) is 0.123. The van der Waals surface area contributed by atoms with Crippen LogP contribution in [0.3, 0.4) is 0 Å². The minimum Gasteiger partial charge on any atom is -0.493 e. The molecule has 7 nitrogen and oxygen atoms in total. The van der Waals surface area contributed by atoms with Crippen LogP contribution in [0.4, 0.5) is 15.8 Å². The number of para-hydroxylation sites is 2. The summed E-state index contributed by atoms with van der Waals surface area (Å²) in [5.41, 5.74) is 1.92. The van der Waals surface area contributed by atoms with Crippen molar-refractivity contribution in [3.05, 3.63) is 94.3 Å². The lowest BCUT2D eigenvalue weighted by atomic mass is 10.1. The van der Waals surface area contributed by atoms with E-state index in [0.29, 0.717) is 24.5 Å². The molecule has 1 atom stereocenters. The Morgan fingerprint density at radius 3 is 1.95 bits per heavy atom. The van der Waals surface area contributed by atoms with Crippen LogP contribution >= 0.6 is 0 Å². The number of fused-ring (bicyclic) bond motifs is 1. The van der Waals surface area contributed by atoms with Gasteiger partial charge >= 0.3 is 0 Å². The van der Waals surface area contributed by atoms with Gasteiger partial charge in [0.15, 0.2) is 6.10 Å². The molecule has 4 rings (SSSR count). The fourth-order valence-corrected chi connectivity index (χ4v) is 3.69. The lowest BCUT2D eigenvalue weighted by molar-refractivity contribution is -0.384. The van der Waals surface area contributed by atoms with Crippen LogP contribution in [-0.2, 0) is 4.79 Å². The number of carbonyl (C=O) groups is 1. The fraction of sp³-hybridized carbons (Fsp3) is 0.472. The molecule has 3 aromatic carbocycles. The van der Waals surface area contributed by atoms with Crippen molar-refractivity contribution >= 4 is 17.3 Å². The Hall–Kier alpha value is -3.94. The molecule has 44 heavy (non-hydrogen) atoms. The third-order valence-electron chi connectivity index (χ3n) is 6.66. The van der Waals surface area contributed by atoms with Crippen molar-refractivity contribution in [3.63, 3.8) is 0 Å². The number of rotatable bonds is 11. The predicted octanol–water partition coefficient (Wildman–Crippen LogP) is 10.1. The molecule has 0 bridgehead atoms. The molecule has 0 aromatic heterocycles. The number of unbranched alkanes of at least 4 members (excludes halogenated alkanes) is 4. The second-order valence-corrected chi connectivity index (χ2v) is 10.5. The SMILES string of the molecule is CCCC.CCCC.CCCCCN1C(=O)C(CCOc2ccc([N+](=O)[O-])cc2)Oc2ccccc21.Cc1ccc(F)cc1. The van der Waals surface area contributed by atoms with Crippen molar-refractivity contribution in [2.75, 3.05) is 18.1 Å². The summed E-state index contributed by atoms with van der Waals surface area (Å²) in [6.45, 7) is 13.7. The second-order valence-electron chi connectivity index (χ2n) is 10.5. The van der Waals surface area contributed by atoms with Gasteiger partial charge in [-0.15, -0.1) is 0 Å². The first kappa shape index (κ1) is 38.1. The molecule has 1 aliphatic heterocycles. The molecule has 1 heterocycles. The summed E-state index contributed by atoms with van der Waals surface area (Å²) in [7, 11) is 0. The molecule has 0 spiro atoms. The van der Waals surface area contributed by atoms with Crippen molar-refractivity contribution in [1.29, 1.82) is 0 Å². The maximum atomic E-state index is 12.9. The highest BCUT2D eigenvalue weighted by Gasteiger charge is 2.33. The van der Waals surface area contributed by atoms with Crippen LogP contribution in [0.2, 0.25) is 0 Å². The van der Waals surface area contributed by atoms with Gasteiger partial charge in [0.2, 0.25) is 0 Å². The average Bonchev–Trinajstić information content (AvgIpc) is 3.04. The molecule has 0 N–H and O–H groups in total. The zero-order chi connectivity index (χ0) is 32.7. The van der Waals surface area contributed by atoms with E-state index in [1.165, 1.54) is 49.9 Å². The Kier molecular flexibility index (Phi) is 19.5. The fourth-order valence-electron chi connectivity index (χ4n) is 3.69. The number of carbonyl (C=O) groups excluding carboxylic acids is 1. The van der Waals surface area contributed by atoms with Gasteiger partial charge in [-0.3, -0.25) is 14.9 Å². The number of ether oxygens (including phenoxy) is 2. The highest BCUT2D eigenvalue weighted by Crippen LogP contribution is 2.34. The largest absolute Gasteiger partial charge is 0.493 e. The molecule has 8 heteroatoms. The number of aryl methyl sites for hydroxylation is 1. The lowest BCUT2D eigenvalue weighted by Crippen LogP contribution is -2.46. The van der Waals surface area contributed by atoms with E-state index < -0.39 is 11.0 Å². The van der Waals surface area contributed by atoms with Gasteiger partial charge in [-0.1, -0.05) is 103 Å². The van der Waals surface area contributed by atoms with E-state index in [1.54, 1.807) is 24.3 Å². The summed E-state index contributed by atoms with van der Waals surface area (Å²) in [6.07, 6.45) is 8.18. The van der Waals surface area contributed by atoms with Gasteiger partial charge < -0.3 is 14.4 Å². The number of hydrogen-bond donors (Lipinski definition) is 0. The summed E-state index contributed by atoms with van der Waals surface area (Å²) in [5, 5.41) is 10.7. The molecule has 1 unspecified atom stereocenters. The maximum absolute atomic E-state index is 12.9. The molecule has 0 radical (unpaired) electrons. The van der Waals surface area contributed by atoms with Crippen molar-refractivity contribution in [2.24, 2.45) is 0 Å². The first-order valence-corrected chi connectivity index (χ1v) is 15.9. The standard InChI is InChI=1S/C21H24N2O5.C7H7F.2C4H10/c1-2-3-6-14-22-18-7-4-5-8-19(18)28-20(21(22)24)13-15-27-17-11-9-16(10-12-17)23(25)26;1-6-2-4-7(8)5-3-6;2*1-3-4-2/h4-5,7-12,20H,2-3,6,13-15H2,1H3;2-5H,1H3;2*3-4H2,1-2H3. The minimum atomic E-state index is -0.602. The topological polar surface area (TPSA) is 81.9 Å². The van der Waals surface area contributed by atoms with E-state index in [0.717, 1.165) is 30.5 Å². The Balaban J connectivity index is 0.000000494. The zero-order valence-electron chi connectivity index (χ0n) is 27.4. The summed E-state index contributed by atoms with van der Waals surface area (Å²) >= 11 is 0. The van der Waals surface area contributed by atoms with Crippen LogP contribution in [0, 0.1) is 22.9 Å². The summed E-state index contributed by atoms with van der Waals surface area (Å²) in [5.74, 6) is 1.01. The van der Waals surface area contributed by atoms with E-state index in [4.69, 9.17) is 9.47 Å². The smallest absolute Gasteiger partial charge is 0.269 e. The van der Waals surface area contributed by atoms with Crippen LogP contribution < -0.4 is 14.4 Å². The van der Waals surface area contributed by atoms with Crippen LogP contribution in [0.1, 0.15) is 91.5 Å². The van der Waals surface area contributed by atoms with Gasteiger partial charge in [-0.25, -0.2) is 4.39 Å². The summed E-state index contributed by atoms with van der Waals surface area (Å²) in [6, 6.07) is 19.9. The third kappa shape index (κ3) is 14.5. The van der Waals surface area contributed by atoms with Crippen molar-refractivity contribution in [1.82, 2.24) is 0 Å². The number of anilines is 1. The Morgan fingerprint density at radius 1 is 0.841 bits per heavy atom. The second kappa shape index (κ2) is 22.6. The number of hydrogen-bond acceptors (Lipinski definition) is 5. The molecule has 0 saturated heterocycles. The number of nitro benzene ring substituents is 1. The van der Waals surface area contributed by atoms with Gasteiger partial charge in [0, 0.05) is 25.1 Å². The molecule has 0 fully saturated rings. The monoisotopic (exact) mass is 610 g/mol. The normalized spacial score (nSPS) is 13.0. The van der Waals surface area contributed by atoms with E-state index in [1.807, 2.05) is 36.1 Å². The number of nitro groups is 1. The Labute approximate surface area is 263 Å². The van der Waals surface area contributed by atoms with Crippen molar-refractivity contribution in [2.45, 2.75) is 99.0 Å². The molecular formula is C36H51FN2O5. The first-order chi connectivity index (χ1) is 21.2. The highest BCUT2D eigenvalue weighted by atomic mass is 19.1. The van der Waals surface area contributed by atoms with Gasteiger partial charge in [0.25, 0.3) is 11.6 Å². The third-order valence-corrected chi connectivity index (χ3v) is 6.66. The number of nitrogens with zero attached hydrogens (tertiary/aromatic N) is 2.